The maximum absolute atomic E-state index is 13.0. The normalized spacial score (nSPS) is 24.9. The Morgan fingerprint density at radius 2 is 2.00 bits per heavy atom. The molecule has 0 saturated carbocycles. The summed E-state index contributed by atoms with van der Waals surface area (Å²) < 4.78 is 27.4. The molecule has 4 nitrogen and oxygen atoms in total. The molecule has 0 spiro atoms. The largest absolute Gasteiger partial charge is 0.370 e. The predicted octanol–water partition coefficient (Wildman–Crippen LogP) is 1.97. The van der Waals surface area contributed by atoms with E-state index in [4.69, 9.17) is 0 Å². The number of hydrogen-bond donors (Lipinski definition) is 2. The van der Waals surface area contributed by atoms with Crippen LogP contribution in [0.1, 0.15) is 36.9 Å². The number of hydrogen-bond acceptors (Lipinski definition) is 3. The van der Waals surface area contributed by atoms with Gasteiger partial charge in [-0.05, 0) is 32.4 Å². The van der Waals surface area contributed by atoms with Crippen molar-refractivity contribution in [3.05, 3.63) is 11.8 Å². The van der Waals surface area contributed by atoms with Crippen molar-refractivity contribution in [1.29, 1.82) is 0 Å². The van der Waals surface area contributed by atoms with Gasteiger partial charge in [0.05, 0.1) is 5.69 Å². The number of piperidine rings is 1. The van der Waals surface area contributed by atoms with Gasteiger partial charge in [0.15, 0.2) is 0 Å². The van der Waals surface area contributed by atoms with E-state index in [0.717, 1.165) is 37.4 Å². The number of anilines is 1. The van der Waals surface area contributed by atoms with Gasteiger partial charge in [-0.25, -0.2) is 13.5 Å². The van der Waals surface area contributed by atoms with Gasteiger partial charge < -0.3 is 10.6 Å². The quantitative estimate of drug-likeness (QED) is 0.850. The Hall–Kier alpha value is -1.17. The fraction of sp³-hybridized carbons (Fsp3) is 0.750. The summed E-state index contributed by atoms with van der Waals surface area (Å²) in [6, 6.07) is 1.18. The second kappa shape index (κ2) is 4.84. The first kappa shape index (κ1) is 11.9. The average Bonchev–Trinajstić information content (AvgIpc) is 2.83. The lowest BCUT2D eigenvalue weighted by Gasteiger charge is -2.24. The highest BCUT2D eigenvalue weighted by atomic mass is 19.3. The molecular formula is C12H18F2N4. The number of rotatable bonds is 2. The van der Waals surface area contributed by atoms with Crippen molar-refractivity contribution in [3.63, 3.8) is 0 Å². The van der Waals surface area contributed by atoms with Gasteiger partial charge in [0, 0.05) is 18.5 Å². The Kier molecular flexibility index (Phi) is 3.20. The number of fused-ring (bicyclic) bond motifs is 1. The van der Waals surface area contributed by atoms with Gasteiger partial charge in [-0.1, -0.05) is 0 Å². The molecule has 1 saturated heterocycles. The molecule has 3 rings (SSSR count). The highest BCUT2D eigenvalue weighted by Crippen LogP contribution is 2.32. The fourth-order valence-corrected chi connectivity index (χ4v) is 2.82. The van der Waals surface area contributed by atoms with E-state index in [9.17, 15) is 8.78 Å². The number of alkyl halides is 2. The highest BCUT2D eigenvalue weighted by Gasteiger charge is 2.30. The van der Waals surface area contributed by atoms with E-state index in [-0.39, 0.29) is 0 Å². The number of nitrogens with one attached hydrogen (secondary N) is 2. The second-order valence-electron chi connectivity index (χ2n) is 5.04. The van der Waals surface area contributed by atoms with Gasteiger partial charge in [-0.3, -0.25) is 0 Å². The van der Waals surface area contributed by atoms with Crippen molar-refractivity contribution in [2.75, 3.05) is 25.0 Å². The van der Waals surface area contributed by atoms with E-state index < -0.39 is 12.5 Å². The summed E-state index contributed by atoms with van der Waals surface area (Å²) in [5.74, 6) is 1.16. The molecule has 0 amide bonds. The molecule has 1 unspecified atom stereocenters. The molecule has 18 heavy (non-hydrogen) atoms. The van der Waals surface area contributed by atoms with Crippen molar-refractivity contribution in [3.8, 4) is 0 Å². The van der Waals surface area contributed by atoms with E-state index in [1.165, 1.54) is 4.68 Å². The minimum absolute atomic E-state index is 0.407. The van der Waals surface area contributed by atoms with Gasteiger partial charge in [-0.15, -0.1) is 0 Å². The van der Waals surface area contributed by atoms with Gasteiger partial charge >= 0.3 is 0 Å². The average molecular weight is 256 g/mol. The van der Waals surface area contributed by atoms with Crippen LogP contribution in [0.4, 0.5) is 14.6 Å². The Morgan fingerprint density at radius 1 is 1.22 bits per heavy atom. The lowest BCUT2D eigenvalue weighted by molar-refractivity contribution is 0.0712. The smallest absolute Gasteiger partial charge is 0.260 e. The van der Waals surface area contributed by atoms with Crippen molar-refractivity contribution < 1.29 is 8.78 Å². The summed E-state index contributed by atoms with van der Waals surface area (Å²) in [6.45, 7) is 2.57. The first-order chi connectivity index (χ1) is 8.75. The lowest BCUT2D eigenvalue weighted by atomic mass is 9.95. The van der Waals surface area contributed by atoms with E-state index in [2.05, 4.69) is 15.7 Å². The van der Waals surface area contributed by atoms with E-state index in [1.54, 1.807) is 0 Å². The molecule has 6 heteroatoms. The number of nitrogens with zero attached hydrogens (tertiary/aromatic N) is 2. The molecule has 0 radical (unpaired) electrons. The zero-order valence-electron chi connectivity index (χ0n) is 10.2. The molecule has 2 aliphatic rings. The van der Waals surface area contributed by atoms with E-state index in [1.807, 2.05) is 6.07 Å². The van der Waals surface area contributed by atoms with Crippen LogP contribution in [-0.4, -0.2) is 35.8 Å². The Morgan fingerprint density at radius 3 is 2.72 bits per heavy atom. The summed E-state index contributed by atoms with van der Waals surface area (Å²) in [5, 5.41) is 10.9. The van der Waals surface area contributed by atoms with E-state index >= 15 is 0 Å². The van der Waals surface area contributed by atoms with Crippen molar-refractivity contribution in [1.82, 2.24) is 15.1 Å². The molecule has 2 aliphatic heterocycles. The van der Waals surface area contributed by atoms with Crippen LogP contribution < -0.4 is 10.6 Å². The summed E-state index contributed by atoms with van der Waals surface area (Å²) >= 11 is 0. The van der Waals surface area contributed by atoms with Crippen LogP contribution in [-0.2, 0) is 0 Å². The zero-order chi connectivity index (χ0) is 12.5. The molecule has 0 aromatic carbocycles. The molecule has 0 aliphatic carbocycles. The van der Waals surface area contributed by atoms with Gasteiger partial charge in [0.1, 0.15) is 11.9 Å². The zero-order valence-corrected chi connectivity index (χ0v) is 10.2. The molecule has 1 aromatic heterocycles. The highest BCUT2D eigenvalue weighted by molar-refractivity contribution is 5.40. The summed E-state index contributed by atoms with van der Waals surface area (Å²) in [5.41, 5.74) is 0.964. The van der Waals surface area contributed by atoms with Crippen molar-refractivity contribution >= 4 is 5.82 Å². The number of halogens is 2. The minimum Gasteiger partial charge on any atom is -0.370 e. The third kappa shape index (κ3) is 2.09. The van der Waals surface area contributed by atoms with Crippen molar-refractivity contribution in [2.45, 2.75) is 37.6 Å². The summed E-state index contributed by atoms with van der Waals surface area (Å²) in [4.78, 5) is 0. The fourth-order valence-electron chi connectivity index (χ4n) is 2.82. The molecule has 1 aromatic rings. The predicted molar refractivity (Wildman–Crippen MR) is 65.2 cm³/mol. The van der Waals surface area contributed by atoms with Crippen LogP contribution in [0.15, 0.2) is 6.07 Å². The maximum atomic E-state index is 13.0. The topological polar surface area (TPSA) is 41.9 Å². The standard InChI is InChI=1S/C12H18F2N4/c13-12(14)10-3-6-16-11-7-9(17-18(10)11)8-1-4-15-5-2-8/h7-8,10,12,15-16H,1-6H2. The molecule has 1 fully saturated rings. The third-order valence-corrected chi connectivity index (χ3v) is 3.86. The van der Waals surface area contributed by atoms with Crippen molar-refractivity contribution in [2.24, 2.45) is 0 Å². The lowest BCUT2D eigenvalue weighted by Crippen LogP contribution is -2.29. The molecule has 1 atom stereocenters. The van der Waals surface area contributed by atoms with Crippen LogP contribution >= 0.6 is 0 Å². The summed E-state index contributed by atoms with van der Waals surface area (Å²) in [6.07, 6.45) is 0.176. The minimum atomic E-state index is -2.34. The monoisotopic (exact) mass is 256 g/mol. The van der Waals surface area contributed by atoms with E-state index in [0.29, 0.717) is 18.9 Å². The second-order valence-corrected chi connectivity index (χ2v) is 5.04. The Bertz CT molecular complexity index is 412. The molecule has 2 N–H and O–H groups in total. The van der Waals surface area contributed by atoms with Gasteiger partial charge in [0.25, 0.3) is 6.43 Å². The molecule has 0 bridgehead atoms. The van der Waals surface area contributed by atoms with Crippen LogP contribution in [0, 0.1) is 0 Å². The third-order valence-electron chi connectivity index (χ3n) is 3.86. The van der Waals surface area contributed by atoms with Crippen LogP contribution in [0.3, 0.4) is 0 Å². The van der Waals surface area contributed by atoms with Gasteiger partial charge in [0.2, 0.25) is 0 Å². The van der Waals surface area contributed by atoms with Crippen LogP contribution in [0.25, 0.3) is 0 Å². The molecule has 3 heterocycles. The maximum Gasteiger partial charge on any atom is 0.260 e. The Labute approximate surface area is 105 Å². The molecule has 100 valence electrons. The number of aromatic nitrogens is 2. The van der Waals surface area contributed by atoms with Crippen LogP contribution in [0.5, 0.6) is 0 Å². The van der Waals surface area contributed by atoms with Gasteiger partial charge in [-0.2, -0.15) is 5.10 Å². The Balaban J connectivity index is 1.85. The SMILES string of the molecule is FC(F)C1CCNc2cc(C3CCNCC3)nn21. The van der Waals surface area contributed by atoms with Crippen LogP contribution in [0.2, 0.25) is 0 Å². The summed E-state index contributed by atoms with van der Waals surface area (Å²) in [7, 11) is 0. The first-order valence-electron chi connectivity index (χ1n) is 6.58. The first-order valence-corrected chi connectivity index (χ1v) is 6.58. The molecular weight excluding hydrogens is 238 g/mol.